The van der Waals surface area contributed by atoms with Crippen molar-refractivity contribution in [1.82, 2.24) is 36.1 Å². The summed E-state index contributed by atoms with van der Waals surface area (Å²) in [6, 6.07) is 14.2. The van der Waals surface area contributed by atoms with Crippen molar-refractivity contribution in [2.75, 3.05) is 33.3 Å². The Morgan fingerprint density at radius 3 is 2.28 bits per heavy atom. The molecule has 1 unspecified atom stereocenters. The van der Waals surface area contributed by atoms with Crippen molar-refractivity contribution in [3.63, 3.8) is 0 Å². The first-order valence-corrected chi connectivity index (χ1v) is 21.2. The SMILES string of the molecule is Cc1nc(-c2ccc(C(C)(C)C)cc2)nc(C)c1C(=O)NC(CCN)C(=O)N(C)[C@@H]1C(=O)N[C@@H](C)C(=O)N[C@H](C(=O)NCC#N)Cc2ccc(OCCCN)c(c2)-c2cc1ccc2O. The first kappa shape index (κ1) is 48.1. The minimum absolute atomic E-state index is 0.00764. The summed E-state index contributed by atoms with van der Waals surface area (Å²) in [6.07, 6.45) is 0.499. The van der Waals surface area contributed by atoms with Gasteiger partial charge in [-0.25, -0.2) is 9.97 Å². The molecule has 0 saturated carbocycles. The van der Waals surface area contributed by atoms with Crippen molar-refractivity contribution in [2.24, 2.45) is 11.5 Å². The molecule has 0 saturated heterocycles. The fourth-order valence-corrected chi connectivity index (χ4v) is 7.47. The molecular weight excluding hydrogens is 817 g/mol. The van der Waals surface area contributed by atoms with E-state index < -0.39 is 53.7 Å². The Bertz CT molecular complexity index is 2400. The number of hydrogen-bond donors (Lipinski definition) is 7. The number of nitrogens with one attached hydrogen (secondary N) is 4. The first-order valence-electron chi connectivity index (χ1n) is 21.2. The Balaban J connectivity index is 1.53. The monoisotopic (exact) mass is 874 g/mol. The number of aromatic nitrogens is 2. The molecule has 5 rings (SSSR count). The Morgan fingerprint density at radius 2 is 1.66 bits per heavy atom. The van der Waals surface area contributed by atoms with Crippen molar-refractivity contribution in [3.8, 4) is 40.1 Å². The molecule has 0 spiro atoms. The molecule has 338 valence electrons. The number of phenolic OH excluding ortho intramolecular Hbond substituents is 1. The number of hydrogen-bond acceptors (Lipinski definition) is 12. The van der Waals surface area contributed by atoms with Crippen molar-refractivity contribution in [3.05, 3.63) is 94.3 Å². The highest BCUT2D eigenvalue weighted by atomic mass is 16.5. The number of nitrogens with two attached hydrogens (primary N) is 2. The molecule has 4 atom stereocenters. The summed E-state index contributed by atoms with van der Waals surface area (Å²) >= 11 is 0. The summed E-state index contributed by atoms with van der Waals surface area (Å²) in [5, 5.41) is 31.1. The number of aryl methyl sites for hydroxylation is 2. The zero-order chi connectivity index (χ0) is 46.9. The molecule has 0 radical (unpaired) electrons. The van der Waals surface area contributed by atoms with Gasteiger partial charge in [0.05, 0.1) is 29.6 Å². The molecule has 4 bridgehead atoms. The normalized spacial score (nSPS) is 16.8. The molecule has 0 fully saturated rings. The van der Waals surface area contributed by atoms with Gasteiger partial charge in [0.15, 0.2) is 5.82 Å². The van der Waals surface area contributed by atoms with Gasteiger partial charge in [-0.3, -0.25) is 24.0 Å². The van der Waals surface area contributed by atoms with Gasteiger partial charge in [0.25, 0.3) is 5.91 Å². The van der Waals surface area contributed by atoms with E-state index >= 15 is 0 Å². The van der Waals surface area contributed by atoms with Gasteiger partial charge in [-0.15, -0.1) is 0 Å². The number of carbonyl (C=O) groups excluding carboxylic acids is 5. The zero-order valence-electron chi connectivity index (χ0n) is 37.4. The number of fused-ring (bicyclic) bond motifs is 5. The summed E-state index contributed by atoms with van der Waals surface area (Å²) in [4.78, 5) is 80.4. The van der Waals surface area contributed by atoms with Crippen molar-refractivity contribution in [1.29, 1.82) is 5.26 Å². The van der Waals surface area contributed by atoms with Crippen molar-refractivity contribution >= 4 is 29.5 Å². The van der Waals surface area contributed by atoms with E-state index in [9.17, 15) is 29.1 Å². The van der Waals surface area contributed by atoms with Crippen LogP contribution in [-0.4, -0.2) is 101 Å². The number of aromatic hydroxyl groups is 1. The number of amides is 5. The lowest BCUT2D eigenvalue weighted by molar-refractivity contribution is -0.141. The van der Waals surface area contributed by atoms with Crippen LogP contribution in [0.3, 0.4) is 0 Å². The molecule has 17 nitrogen and oxygen atoms in total. The van der Waals surface area contributed by atoms with Crippen molar-refractivity contribution in [2.45, 2.75) is 90.4 Å². The Kier molecular flexibility index (Phi) is 15.8. The molecule has 9 N–H and O–H groups in total. The molecule has 1 aliphatic heterocycles. The molecule has 5 amide bonds. The number of nitriles is 1. The number of benzene rings is 3. The number of carbonyl (C=O) groups is 5. The standard InChI is InChI=1S/C47H58N10O7/c1-26-39(27(2)53-41(52-26)30-10-13-32(14-11-30)47(4,5)6)44(61)55-35(17-19-49)46(63)57(7)40-31-12-15-37(58)33(25-31)34-23-29(9-16-38(34)64-22-8-18-48)24-36(43(60)51-21-20-50)56-42(59)28(3)54-45(40)62/h9-16,23,25,28,35-36,40,58H,8,17-19,21-22,24,48-49H2,1-7H3,(H,51,60)(H,54,62)(H,55,61)(H,56,59)/t28-,35?,36-,40-/m0/s1. The van der Waals surface area contributed by atoms with E-state index in [0.717, 1.165) is 16.0 Å². The molecule has 4 aromatic rings. The van der Waals surface area contributed by atoms with E-state index in [1.807, 2.05) is 30.3 Å². The molecule has 64 heavy (non-hydrogen) atoms. The van der Waals surface area contributed by atoms with Crippen molar-refractivity contribution < 1.29 is 33.8 Å². The highest BCUT2D eigenvalue weighted by molar-refractivity contribution is 6.00. The third kappa shape index (κ3) is 11.4. The van der Waals surface area contributed by atoms with Crippen LogP contribution in [0.1, 0.15) is 85.0 Å². The summed E-state index contributed by atoms with van der Waals surface area (Å²) < 4.78 is 6.08. The molecule has 1 aliphatic rings. The maximum atomic E-state index is 14.6. The lowest BCUT2D eigenvalue weighted by Gasteiger charge is -2.32. The highest BCUT2D eigenvalue weighted by Gasteiger charge is 2.36. The van der Waals surface area contributed by atoms with Crippen LogP contribution < -0.4 is 37.5 Å². The summed E-state index contributed by atoms with van der Waals surface area (Å²) in [5.74, 6) is -2.80. The summed E-state index contributed by atoms with van der Waals surface area (Å²) in [6.45, 7) is 11.5. The zero-order valence-corrected chi connectivity index (χ0v) is 37.4. The van der Waals surface area contributed by atoms with Gasteiger partial charge < -0.3 is 47.5 Å². The van der Waals surface area contributed by atoms with Crippen LogP contribution in [0.2, 0.25) is 0 Å². The predicted molar refractivity (Wildman–Crippen MR) is 241 cm³/mol. The molecule has 1 aromatic heterocycles. The van der Waals surface area contributed by atoms with Gasteiger partial charge in [0.2, 0.25) is 23.6 Å². The molecule has 0 aliphatic carbocycles. The average molecular weight is 875 g/mol. The van der Waals surface area contributed by atoms with E-state index in [0.29, 0.717) is 47.1 Å². The van der Waals surface area contributed by atoms with E-state index in [1.54, 1.807) is 38.1 Å². The maximum Gasteiger partial charge on any atom is 0.255 e. The topological polar surface area (TPSA) is 268 Å². The fourth-order valence-electron chi connectivity index (χ4n) is 7.47. The van der Waals surface area contributed by atoms with E-state index in [1.165, 1.54) is 26.1 Å². The van der Waals surface area contributed by atoms with Crippen LogP contribution in [0.25, 0.3) is 22.5 Å². The molecule has 3 aromatic carbocycles. The first-order chi connectivity index (χ1) is 30.4. The lowest BCUT2D eigenvalue weighted by Crippen LogP contribution is -2.56. The second kappa shape index (κ2) is 21.0. The van der Waals surface area contributed by atoms with Crippen LogP contribution >= 0.6 is 0 Å². The van der Waals surface area contributed by atoms with Gasteiger partial charge >= 0.3 is 0 Å². The maximum absolute atomic E-state index is 14.6. The highest BCUT2D eigenvalue weighted by Crippen LogP contribution is 2.39. The van der Waals surface area contributed by atoms with Crippen LogP contribution in [0.5, 0.6) is 11.5 Å². The number of likely N-dealkylation sites (N-methyl/N-ethyl adjacent to an activating group) is 1. The van der Waals surface area contributed by atoms with Gasteiger partial charge in [0.1, 0.15) is 42.2 Å². The van der Waals surface area contributed by atoms with E-state index in [4.69, 9.17) is 21.5 Å². The van der Waals surface area contributed by atoms with Crippen LogP contribution in [0, 0.1) is 25.2 Å². The Hall–Kier alpha value is -6.90. The summed E-state index contributed by atoms with van der Waals surface area (Å²) in [5.41, 5.74) is 16.0. The van der Waals surface area contributed by atoms with E-state index in [-0.39, 0.29) is 60.4 Å². The fraction of sp³-hybridized carbons (Fsp3) is 0.404. The minimum Gasteiger partial charge on any atom is -0.507 e. The molecule has 2 heterocycles. The number of rotatable bonds is 13. The number of phenols is 1. The number of nitrogens with zero attached hydrogens (tertiary/aromatic N) is 4. The van der Waals surface area contributed by atoms with Gasteiger partial charge in [0, 0.05) is 30.2 Å². The van der Waals surface area contributed by atoms with Crippen LogP contribution in [-0.2, 0) is 31.0 Å². The molecule has 17 heteroatoms. The predicted octanol–water partition coefficient (Wildman–Crippen LogP) is 2.99. The van der Waals surface area contributed by atoms with Gasteiger partial charge in [-0.2, -0.15) is 5.26 Å². The molecular formula is C47H58N10O7. The minimum atomic E-state index is -1.43. The quantitative estimate of drug-likeness (QED) is 0.0755. The van der Waals surface area contributed by atoms with Gasteiger partial charge in [-0.1, -0.05) is 57.2 Å². The van der Waals surface area contributed by atoms with Gasteiger partial charge in [-0.05, 0) is 93.1 Å². The van der Waals surface area contributed by atoms with E-state index in [2.05, 4.69) is 52.0 Å². The second-order valence-corrected chi connectivity index (χ2v) is 16.8. The Labute approximate surface area is 373 Å². The largest absolute Gasteiger partial charge is 0.507 e. The third-order valence-corrected chi connectivity index (χ3v) is 11.0. The average Bonchev–Trinajstić information content (AvgIpc) is 3.25. The lowest BCUT2D eigenvalue weighted by atomic mass is 9.86. The van der Waals surface area contributed by atoms with Crippen LogP contribution in [0.4, 0.5) is 0 Å². The third-order valence-electron chi connectivity index (χ3n) is 11.0. The Morgan fingerprint density at radius 1 is 0.969 bits per heavy atom. The van der Waals surface area contributed by atoms with Crippen LogP contribution in [0.15, 0.2) is 60.7 Å². The second-order valence-electron chi connectivity index (χ2n) is 16.8. The number of ether oxygens (including phenoxy) is 1. The summed E-state index contributed by atoms with van der Waals surface area (Å²) in [7, 11) is 1.39. The smallest absolute Gasteiger partial charge is 0.255 e.